The first-order chi connectivity index (χ1) is 9.24. The van der Waals surface area contributed by atoms with Gasteiger partial charge in [0.2, 0.25) is 0 Å². The normalized spacial score (nSPS) is 53.4. The largest absolute Gasteiger partial charge is 0.327 e. The zero-order chi connectivity index (χ0) is 14.5. The number of fused-ring (bicyclic) bond motifs is 6. The molecule has 0 saturated carbocycles. The number of rotatable bonds is 0. The van der Waals surface area contributed by atoms with Gasteiger partial charge < -0.3 is 28.4 Å². The molecule has 116 valence electrons. The van der Waals surface area contributed by atoms with Crippen molar-refractivity contribution >= 4 is 0 Å². The van der Waals surface area contributed by atoms with Crippen LogP contribution in [0.4, 0.5) is 0 Å². The van der Waals surface area contributed by atoms with Crippen molar-refractivity contribution in [3.63, 3.8) is 0 Å². The third-order valence-corrected chi connectivity index (χ3v) is 4.10. The molecule has 0 aromatic rings. The van der Waals surface area contributed by atoms with Gasteiger partial charge in [0.15, 0.2) is 0 Å². The van der Waals surface area contributed by atoms with E-state index in [-0.39, 0.29) is 10.8 Å². The lowest BCUT2D eigenvalue weighted by Crippen LogP contribution is -2.57. The Hall–Kier alpha value is -0.240. The summed E-state index contributed by atoms with van der Waals surface area (Å²) < 4.78 is 31.9. The molecule has 0 spiro atoms. The van der Waals surface area contributed by atoms with Gasteiger partial charge in [-0.15, -0.1) is 0 Å². The second-order valence-electron chi connectivity index (χ2n) is 7.08. The first-order valence-electron chi connectivity index (χ1n) is 7.08. The predicted octanol–water partition coefficient (Wildman–Crippen LogP) is 1.49. The van der Waals surface area contributed by atoms with E-state index in [1.807, 2.05) is 13.8 Å². The molecule has 0 atom stereocenters. The summed E-state index contributed by atoms with van der Waals surface area (Å²) in [5.74, 6) is -1.48. The van der Waals surface area contributed by atoms with Crippen LogP contribution in [0, 0.1) is 10.8 Å². The van der Waals surface area contributed by atoms with Crippen molar-refractivity contribution in [1.29, 1.82) is 0 Å². The number of ether oxygens (including phenoxy) is 6. The zero-order valence-electron chi connectivity index (χ0n) is 12.7. The highest BCUT2D eigenvalue weighted by atomic mass is 16.9. The molecule has 0 amide bonds. The Morgan fingerprint density at radius 3 is 0.800 bits per heavy atom. The molecule has 6 heterocycles. The topological polar surface area (TPSA) is 55.4 Å². The SMILES string of the molecule is CC12COC(C)(OC1)OC2.CC12COC(C)(OC1)OC2. The molecule has 6 fully saturated rings. The minimum Gasteiger partial charge on any atom is -0.327 e. The van der Waals surface area contributed by atoms with Gasteiger partial charge in [0.05, 0.1) is 39.6 Å². The first kappa shape index (κ1) is 14.7. The summed E-state index contributed by atoms with van der Waals surface area (Å²) >= 11 is 0. The average Bonchev–Trinajstić information content (AvgIpc) is 2.44. The fourth-order valence-corrected chi connectivity index (χ4v) is 2.33. The van der Waals surface area contributed by atoms with E-state index in [4.69, 9.17) is 28.4 Å². The lowest BCUT2D eigenvalue weighted by molar-refractivity contribution is -0.457. The van der Waals surface area contributed by atoms with Crippen LogP contribution in [-0.4, -0.2) is 51.6 Å². The van der Waals surface area contributed by atoms with E-state index >= 15 is 0 Å². The molecule has 6 saturated heterocycles. The monoisotopic (exact) mass is 288 g/mol. The molecule has 6 nitrogen and oxygen atoms in total. The molecule has 0 aromatic heterocycles. The molecular weight excluding hydrogens is 264 g/mol. The van der Waals surface area contributed by atoms with Crippen LogP contribution in [0.5, 0.6) is 0 Å². The third kappa shape index (κ3) is 2.86. The maximum absolute atomic E-state index is 5.32. The van der Waals surface area contributed by atoms with Crippen LogP contribution in [0.25, 0.3) is 0 Å². The Balaban J connectivity index is 0.000000121. The molecule has 6 rings (SSSR count). The molecular formula is C14H24O6. The maximum atomic E-state index is 5.32. The molecule has 0 aliphatic carbocycles. The molecule has 0 N–H and O–H groups in total. The smallest absolute Gasteiger partial charge is 0.279 e. The zero-order valence-corrected chi connectivity index (χ0v) is 12.7. The van der Waals surface area contributed by atoms with Gasteiger partial charge in [0, 0.05) is 24.7 Å². The van der Waals surface area contributed by atoms with E-state index in [1.54, 1.807) is 0 Å². The Kier molecular flexibility index (Phi) is 3.40. The number of hydrogen-bond donors (Lipinski definition) is 0. The molecule has 0 unspecified atom stereocenters. The van der Waals surface area contributed by atoms with Crippen molar-refractivity contribution < 1.29 is 28.4 Å². The van der Waals surface area contributed by atoms with Crippen LogP contribution in [0.1, 0.15) is 27.7 Å². The van der Waals surface area contributed by atoms with Crippen molar-refractivity contribution in [3.05, 3.63) is 0 Å². The van der Waals surface area contributed by atoms with Crippen LogP contribution in [-0.2, 0) is 28.4 Å². The summed E-state index contributed by atoms with van der Waals surface area (Å²) in [6, 6.07) is 0. The van der Waals surface area contributed by atoms with Crippen molar-refractivity contribution in [2.24, 2.45) is 10.8 Å². The van der Waals surface area contributed by atoms with Crippen molar-refractivity contribution in [1.82, 2.24) is 0 Å². The fraction of sp³-hybridized carbons (Fsp3) is 1.00. The van der Waals surface area contributed by atoms with E-state index < -0.39 is 11.9 Å². The summed E-state index contributed by atoms with van der Waals surface area (Å²) in [6.45, 7) is 12.3. The van der Waals surface area contributed by atoms with Crippen molar-refractivity contribution in [3.8, 4) is 0 Å². The Morgan fingerprint density at radius 2 is 0.650 bits per heavy atom. The van der Waals surface area contributed by atoms with Gasteiger partial charge in [-0.1, -0.05) is 13.8 Å². The van der Waals surface area contributed by atoms with Crippen LogP contribution in [0.15, 0.2) is 0 Å². The lowest BCUT2D eigenvalue weighted by Gasteiger charge is -2.48. The van der Waals surface area contributed by atoms with E-state index in [9.17, 15) is 0 Å². The second kappa shape index (κ2) is 4.63. The highest BCUT2D eigenvalue weighted by Crippen LogP contribution is 2.38. The highest BCUT2D eigenvalue weighted by Gasteiger charge is 2.47. The van der Waals surface area contributed by atoms with Crippen LogP contribution < -0.4 is 0 Å². The maximum Gasteiger partial charge on any atom is 0.279 e. The third-order valence-electron chi connectivity index (χ3n) is 4.10. The first-order valence-corrected chi connectivity index (χ1v) is 7.08. The lowest BCUT2D eigenvalue weighted by atomic mass is 9.92. The van der Waals surface area contributed by atoms with E-state index in [0.29, 0.717) is 0 Å². The predicted molar refractivity (Wildman–Crippen MR) is 68.7 cm³/mol. The molecule has 6 aliphatic heterocycles. The minimum absolute atomic E-state index is 0.0950. The Morgan fingerprint density at radius 1 is 0.450 bits per heavy atom. The second-order valence-corrected chi connectivity index (χ2v) is 7.08. The van der Waals surface area contributed by atoms with E-state index in [2.05, 4.69) is 13.8 Å². The Bertz CT molecular complexity index is 261. The summed E-state index contributed by atoms with van der Waals surface area (Å²) in [5.41, 5.74) is 0.190. The molecule has 20 heavy (non-hydrogen) atoms. The van der Waals surface area contributed by atoms with E-state index in [0.717, 1.165) is 39.6 Å². The van der Waals surface area contributed by atoms with Gasteiger partial charge >= 0.3 is 0 Å². The molecule has 0 aromatic carbocycles. The van der Waals surface area contributed by atoms with Gasteiger partial charge in [0.25, 0.3) is 11.9 Å². The molecule has 6 aliphatic rings. The Labute approximate surface area is 119 Å². The van der Waals surface area contributed by atoms with Gasteiger partial charge in [0.1, 0.15) is 0 Å². The minimum atomic E-state index is -0.738. The summed E-state index contributed by atoms with van der Waals surface area (Å²) in [4.78, 5) is 0. The van der Waals surface area contributed by atoms with Crippen molar-refractivity contribution in [2.75, 3.05) is 39.6 Å². The quantitative estimate of drug-likeness (QED) is 0.673. The molecule has 0 radical (unpaired) electrons. The van der Waals surface area contributed by atoms with E-state index in [1.165, 1.54) is 0 Å². The van der Waals surface area contributed by atoms with Crippen LogP contribution in [0.2, 0.25) is 0 Å². The van der Waals surface area contributed by atoms with Gasteiger partial charge in [-0.2, -0.15) is 0 Å². The van der Waals surface area contributed by atoms with Gasteiger partial charge in [-0.3, -0.25) is 0 Å². The standard InChI is InChI=1S/2C7H12O3/c2*1-6-3-8-7(2,9-4-6)10-5-6/h2*3-5H2,1-2H3. The van der Waals surface area contributed by atoms with Gasteiger partial charge in [-0.25, -0.2) is 0 Å². The average molecular weight is 288 g/mol. The summed E-state index contributed by atoms with van der Waals surface area (Å²) in [5, 5.41) is 0. The number of hydrogen-bond acceptors (Lipinski definition) is 6. The van der Waals surface area contributed by atoms with Gasteiger partial charge in [-0.05, 0) is 0 Å². The highest BCUT2D eigenvalue weighted by molar-refractivity contribution is 4.83. The molecule has 6 heteroatoms. The summed E-state index contributed by atoms with van der Waals surface area (Å²) in [7, 11) is 0. The van der Waals surface area contributed by atoms with Crippen LogP contribution in [0.3, 0.4) is 0 Å². The van der Waals surface area contributed by atoms with Crippen molar-refractivity contribution in [2.45, 2.75) is 39.6 Å². The molecule has 4 bridgehead atoms. The summed E-state index contributed by atoms with van der Waals surface area (Å²) in [6.07, 6.45) is 0. The fourth-order valence-electron chi connectivity index (χ4n) is 2.33. The van der Waals surface area contributed by atoms with Crippen LogP contribution >= 0.6 is 0 Å².